The van der Waals surface area contributed by atoms with Gasteiger partial charge in [0, 0.05) is 16.3 Å². The van der Waals surface area contributed by atoms with Crippen molar-refractivity contribution in [1.82, 2.24) is 0 Å². The topological polar surface area (TPSA) is 67.1 Å². The number of hydrogen-bond donors (Lipinski definition) is 4. The first-order valence-corrected chi connectivity index (χ1v) is 10.9. The van der Waals surface area contributed by atoms with Crippen LogP contribution in [0.3, 0.4) is 0 Å². The van der Waals surface area contributed by atoms with Gasteiger partial charge in [-0.3, -0.25) is 9.59 Å². The Morgan fingerprint density at radius 2 is 1.45 bits per heavy atom. The van der Waals surface area contributed by atoms with Crippen LogP contribution in [0.15, 0.2) is 53.4 Å². The molecule has 8 heteroatoms. The molecular formula is C21H27FN4O2S+2. The van der Waals surface area contributed by atoms with Crippen molar-refractivity contribution in [2.45, 2.75) is 4.90 Å². The fourth-order valence-corrected chi connectivity index (χ4v) is 3.87. The van der Waals surface area contributed by atoms with Crippen LogP contribution in [0.25, 0.3) is 0 Å². The molecule has 154 valence electrons. The molecule has 6 nitrogen and oxygen atoms in total. The van der Waals surface area contributed by atoms with Gasteiger partial charge in [-0.05, 0) is 48.7 Å². The van der Waals surface area contributed by atoms with E-state index in [0.717, 1.165) is 36.8 Å². The van der Waals surface area contributed by atoms with Crippen LogP contribution in [0.4, 0.5) is 15.8 Å². The Hall–Kier alpha value is -2.42. The van der Waals surface area contributed by atoms with E-state index in [1.807, 2.05) is 30.5 Å². The number of carbonyl (C=O) groups is 2. The number of nitrogens with one attached hydrogen (secondary N) is 4. The molecule has 2 aromatic rings. The number of carbonyl (C=O) groups excluding carboxylic acids is 2. The van der Waals surface area contributed by atoms with Crippen LogP contribution < -0.4 is 20.4 Å². The van der Waals surface area contributed by atoms with E-state index in [9.17, 15) is 14.0 Å². The highest BCUT2D eigenvalue weighted by molar-refractivity contribution is 7.98. The minimum atomic E-state index is -0.325. The monoisotopic (exact) mass is 418 g/mol. The SMILES string of the molecule is CSc1cccc(NC(=O)C[NH+]2CC[NH+](CC(=O)Nc3ccc(F)cc3)CC2)c1. The lowest BCUT2D eigenvalue weighted by Crippen LogP contribution is -3.28. The lowest BCUT2D eigenvalue weighted by atomic mass is 10.2. The Labute approximate surface area is 174 Å². The van der Waals surface area contributed by atoms with Crippen LogP contribution in [-0.2, 0) is 9.59 Å². The van der Waals surface area contributed by atoms with Crippen LogP contribution in [0.2, 0.25) is 0 Å². The van der Waals surface area contributed by atoms with E-state index in [-0.39, 0.29) is 17.6 Å². The van der Waals surface area contributed by atoms with Crippen molar-refractivity contribution in [2.75, 3.05) is 56.2 Å². The predicted molar refractivity (Wildman–Crippen MR) is 113 cm³/mol. The highest BCUT2D eigenvalue weighted by atomic mass is 32.2. The zero-order valence-corrected chi connectivity index (χ0v) is 17.3. The van der Waals surface area contributed by atoms with Crippen molar-refractivity contribution in [3.8, 4) is 0 Å². The molecule has 0 unspecified atom stereocenters. The average molecular weight is 419 g/mol. The van der Waals surface area contributed by atoms with Crippen molar-refractivity contribution in [3.63, 3.8) is 0 Å². The lowest BCUT2D eigenvalue weighted by molar-refractivity contribution is -1.00. The van der Waals surface area contributed by atoms with E-state index in [1.54, 1.807) is 23.9 Å². The Balaban J connectivity index is 1.38. The smallest absolute Gasteiger partial charge is 0.279 e. The van der Waals surface area contributed by atoms with Gasteiger partial charge >= 0.3 is 0 Å². The predicted octanol–water partition coefficient (Wildman–Crippen LogP) is -0.0918. The Morgan fingerprint density at radius 1 is 0.897 bits per heavy atom. The second-order valence-corrected chi connectivity index (χ2v) is 8.07. The quantitative estimate of drug-likeness (QED) is 0.475. The molecule has 0 radical (unpaired) electrons. The average Bonchev–Trinajstić information content (AvgIpc) is 2.71. The van der Waals surface area contributed by atoms with Crippen molar-refractivity contribution in [2.24, 2.45) is 0 Å². The first kappa shape index (κ1) is 21.3. The minimum Gasteiger partial charge on any atom is -0.321 e. The first-order chi connectivity index (χ1) is 14.0. The van der Waals surface area contributed by atoms with Gasteiger partial charge in [-0.15, -0.1) is 11.8 Å². The van der Waals surface area contributed by atoms with Crippen molar-refractivity contribution in [3.05, 3.63) is 54.3 Å². The number of amides is 2. The molecule has 1 fully saturated rings. The third-order valence-electron chi connectivity index (χ3n) is 4.97. The summed E-state index contributed by atoms with van der Waals surface area (Å²) in [5.74, 6) is -0.397. The number of piperazine rings is 1. The zero-order valence-electron chi connectivity index (χ0n) is 16.5. The molecule has 0 aromatic heterocycles. The van der Waals surface area contributed by atoms with E-state index >= 15 is 0 Å². The van der Waals surface area contributed by atoms with Crippen LogP contribution in [-0.4, -0.2) is 57.3 Å². The van der Waals surface area contributed by atoms with Gasteiger partial charge in [0.05, 0.1) is 0 Å². The van der Waals surface area contributed by atoms with Gasteiger partial charge in [-0.2, -0.15) is 0 Å². The fraction of sp³-hybridized carbons (Fsp3) is 0.333. The van der Waals surface area contributed by atoms with Crippen LogP contribution in [0, 0.1) is 5.82 Å². The molecule has 0 aliphatic carbocycles. The van der Waals surface area contributed by atoms with E-state index in [1.165, 1.54) is 21.9 Å². The highest BCUT2D eigenvalue weighted by Gasteiger charge is 2.26. The Kier molecular flexibility index (Phi) is 7.62. The molecule has 1 heterocycles. The van der Waals surface area contributed by atoms with Gasteiger partial charge < -0.3 is 20.4 Å². The molecule has 3 rings (SSSR count). The maximum absolute atomic E-state index is 12.9. The largest absolute Gasteiger partial charge is 0.321 e. The first-order valence-electron chi connectivity index (χ1n) is 9.68. The van der Waals surface area contributed by atoms with Gasteiger partial charge in [0.15, 0.2) is 13.1 Å². The van der Waals surface area contributed by atoms with Crippen LogP contribution in [0.5, 0.6) is 0 Å². The van der Waals surface area contributed by atoms with E-state index < -0.39 is 0 Å². The molecule has 0 spiro atoms. The number of rotatable bonds is 7. The highest BCUT2D eigenvalue weighted by Crippen LogP contribution is 2.18. The number of thioether (sulfide) groups is 1. The molecule has 29 heavy (non-hydrogen) atoms. The number of halogens is 1. The fourth-order valence-electron chi connectivity index (χ4n) is 3.41. The van der Waals surface area contributed by atoms with Crippen LogP contribution >= 0.6 is 11.8 Å². The lowest BCUT2D eigenvalue weighted by Gasteiger charge is -2.29. The summed E-state index contributed by atoms with van der Waals surface area (Å²) in [4.78, 5) is 28.1. The minimum absolute atomic E-state index is 0.00996. The summed E-state index contributed by atoms with van der Waals surface area (Å²) >= 11 is 1.64. The summed E-state index contributed by atoms with van der Waals surface area (Å²) in [5.41, 5.74) is 1.42. The number of quaternary nitrogens is 2. The molecule has 2 amide bonds. The third kappa shape index (κ3) is 6.85. The molecule has 0 saturated carbocycles. The van der Waals surface area contributed by atoms with Crippen molar-refractivity contribution in [1.29, 1.82) is 0 Å². The van der Waals surface area contributed by atoms with Crippen molar-refractivity contribution >= 4 is 35.0 Å². The maximum atomic E-state index is 12.9. The van der Waals surface area contributed by atoms with Crippen LogP contribution in [0.1, 0.15) is 0 Å². The van der Waals surface area contributed by atoms with Gasteiger partial charge in [-0.1, -0.05) is 6.07 Å². The molecule has 4 N–H and O–H groups in total. The molecule has 2 aromatic carbocycles. The number of anilines is 2. The third-order valence-corrected chi connectivity index (χ3v) is 5.69. The van der Waals surface area contributed by atoms with Gasteiger partial charge in [0.1, 0.15) is 32.0 Å². The molecule has 1 saturated heterocycles. The van der Waals surface area contributed by atoms with Gasteiger partial charge in [-0.25, -0.2) is 4.39 Å². The summed E-state index contributed by atoms with van der Waals surface area (Å²) in [5, 5.41) is 5.77. The Bertz CT molecular complexity index is 839. The molecule has 0 atom stereocenters. The second-order valence-electron chi connectivity index (χ2n) is 7.19. The normalized spacial score (nSPS) is 18.8. The summed E-state index contributed by atoms with van der Waals surface area (Å²) < 4.78 is 12.9. The summed E-state index contributed by atoms with van der Waals surface area (Å²) in [6.45, 7) is 4.16. The number of benzene rings is 2. The van der Waals surface area contributed by atoms with Gasteiger partial charge in [0.2, 0.25) is 0 Å². The van der Waals surface area contributed by atoms with Gasteiger partial charge in [0.25, 0.3) is 11.8 Å². The second kappa shape index (κ2) is 10.4. The Morgan fingerprint density at radius 3 is 2.00 bits per heavy atom. The molecule has 1 aliphatic rings. The summed E-state index contributed by atoms with van der Waals surface area (Å²) in [7, 11) is 0. The molecule has 0 bridgehead atoms. The maximum Gasteiger partial charge on any atom is 0.279 e. The van der Waals surface area contributed by atoms with E-state index in [2.05, 4.69) is 10.6 Å². The van der Waals surface area contributed by atoms with E-state index in [4.69, 9.17) is 0 Å². The summed E-state index contributed by atoms with van der Waals surface area (Å²) in [6, 6.07) is 13.6. The molecule has 1 aliphatic heterocycles. The molecular weight excluding hydrogens is 391 g/mol. The van der Waals surface area contributed by atoms with E-state index in [0.29, 0.717) is 18.8 Å². The summed E-state index contributed by atoms with van der Waals surface area (Å²) in [6.07, 6.45) is 2.01. The van der Waals surface area contributed by atoms with Crippen molar-refractivity contribution < 1.29 is 23.8 Å². The zero-order chi connectivity index (χ0) is 20.6. The standard InChI is InChI=1S/C21H25FN4O2S/c1-29-19-4-2-3-18(13-19)24-21(28)15-26-11-9-25(10-12-26)14-20(27)23-17-7-5-16(22)6-8-17/h2-8,13H,9-12,14-15H2,1H3,(H,23,27)(H,24,28)/p+2. The number of hydrogen-bond acceptors (Lipinski definition) is 3.